The minimum atomic E-state index is 0.932. The number of aryl methyl sites for hydroxylation is 3. The number of hydrogen-bond donors (Lipinski definition) is 0. The van der Waals surface area contributed by atoms with E-state index < -0.39 is 0 Å². The third-order valence-corrected chi connectivity index (χ3v) is 3.07. The Morgan fingerprint density at radius 1 is 1.27 bits per heavy atom. The van der Waals surface area contributed by atoms with Crippen LogP contribution in [0.4, 0.5) is 0 Å². The summed E-state index contributed by atoms with van der Waals surface area (Å²) in [4.78, 5) is 0. The molecule has 0 aliphatic heterocycles. The monoisotopic (exact) mass is 201 g/mol. The first-order chi connectivity index (χ1) is 7.20. The molecule has 15 heavy (non-hydrogen) atoms. The Balaban J connectivity index is 2.67. The molecule has 0 bridgehead atoms. The van der Waals surface area contributed by atoms with Crippen LogP contribution in [0.3, 0.4) is 0 Å². The predicted molar refractivity (Wildman–Crippen MR) is 58.6 cm³/mol. The van der Waals surface area contributed by atoms with Gasteiger partial charge in [-0.1, -0.05) is 12.1 Å². The first kappa shape index (κ1) is 8.53. The highest BCUT2D eigenvalue weighted by Crippen LogP contribution is 2.26. The van der Waals surface area contributed by atoms with Crippen LogP contribution in [0, 0.1) is 6.92 Å². The van der Waals surface area contributed by atoms with Crippen molar-refractivity contribution in [1.82, 2.24) is 4.57 Å². The molecule has 0 atom stereocenters. The lowest BCUT2D eigenvalue weighted by Crippen LogP contribution is -2.30. The van der Waals surface area contributed by atoms with Gasteiger partial charge < -0.3 is 4.42 Å². The van der Waals surface area contributed by atoms with Crippen molar-refractivity contribution >= 4 is 22.1 Å². The van der Waals surface area contributed by atoms with E-state index in [0.717, 1.165) is 17.1 Å². The summed E-state index contributed by atoms with van der Waals surface area (Å²) in [5.74, 6) is 0.932. The molecule has 0 unspecified atom stereocenters. The minimum absolute atomic E-state index is 0.932. The van der Waals surface area contributed by atoms with E-state index >= 15 is 0 Å². The number of nitrogens with zero attached hydrogens (tertiary/aromatic N) is 2. The maximum absolute atomic E-state index is 5.77. The molecule has 3 nitrogen and oxygen atoms in total. The largest absolute Gasteiger partial charge is 0.417 e. The molecule has 0 aliphatic carbocycles. The van der Waals surface area contributed by atoms with E-state index in [2.05, 4.69) is 28.3 Å². The maximum atomic E-state index is 5.77. The van der Waals surface area contributed by atoms with Crippen LogP contribution in [-0.4, -0.2) is 4.57 Å². The molecular weight excluding hydrogens is 188 g/mol. The fraction of sp³-hybridized carbons (Fsp3) is 0.250. The minimum Gasteiger partial charge on any atom is -0.417 e. The topological polar surface area (TPSA) is 21.9 Å². The summed E-state index contributed by atoms with van der Waals surface area (Å²) in [6, 6.07) is 8.30. The molecule has 2 aromatic heterocycles. The molecule has 2 heterocycles. The number of benzene rings is 1. The van der Waals surface area contributed by atoms with Crippen molar-refractivity contribution in [3.05, 3.63) is 30.2 Å². The Morgan fingerprint density at radius 3 is 2.80 bits per heavy atom. The number of fused-ring (bicyclic) bond motifs is 3. The first-order valence-corrected chi connectivity index (χ1v) is 5.02. The Labute approximate surface area is 87.5 Å². The molecule has 0 saturated heterocycles. The zero-order valence-electron chi connectivity index (χ0n) is 9.11. The summed E-state index contributed by atoms with van der Waals surface area (Å²) in [6.45, 7) is 1.98. The summed E-state index contributed by atoms with van der Waals surface area (Å²) in [5, 5.41) is 1.18. The Morgan fingerprint density at radius 2 is 2.00 bits per heavy atom. The summed E-state index contributed by atoms with van der Waals surface area (Å²) in [5.41, 5.74) is 3.32. The third-order valence-electron chi connectivity index (χ3n) is 3.07. The Bertz CT molecular complexity index is 661. The van der Waals surface area contributed by atoms with Crippen molar-refractivity contribution in [2.45, 2.75) is 6.92 Å². The van der Waals surface area contributed by atoms with Crippen molar-refractivity contribution in [3.8, 4) is 0 Å². The van der Waals surface area contributed by atoms with Gasteiger partial charge in [0.2, 0.25) is 5.58 Å². The second-order valence-corrected chi connectivity index (χ2v) is 3.91. The highest BCUT2D eigenvalue weighted by molar-refractivity contribution is 6.02. The summed E-state index contributed by atoms with van der Waals surface area (Å²) in [7, 11) is 4.10. The Hall–Kier alpha value is -1.77. The molecule has 0 aliphatic rings. The van der Waals surface area contributed by atoms with Gasteiger partial charge in [-0.05, 0) is 12.1 Å². The standard InChI is InChI=1S/C12H13N2O/c1-8-13(2)12-11(15-8)9-6-4-5-7-10(9)14(12)3/h4-7H,1-3H3/q+1. The van der Waals surface area contributed by atoms with Crippen LogP contribution in [0.1, 0.15) is 5.89 Å². The van der Waals surface area contributed by atoms with Gasteiger partial charge in [-0.15, -0.1) is 0 Å². The number of hydrogen-bond acceptors (Lipinski definition) is 1. The predicted octanol–water partition coefficient (Wildman–Crippen LogP) is 2.06. The van der Waals surface area contributed by atoms with Gasteiger partial charge in [0.25, 0.3) is 5.89 Å². The molecule has 0 amide bonds. The lowest BCUT2D eigenvalue weighted by atomic mass is 10.2. The van der Waals surface area contributed by atoms with Gasteiger partial charge in [0.05, 0.1) is 19.5 Å². The van der Waals surface area contributed by atoms with Crippen molar-refractivity contribution < 1.29 is 8.98 Å². The van der Waals surface area contributed by atoms with Crippen LogP contribution in [0.2, 0.25) is 0 Å². The number of rotatable bonds is 0. The number of para-hydroxylation sites is 1. The van der Waals surface area contributed by atoms with E-state index in [1.54, 1.807) is 0 Å². The van der Waals surface area contributed by atoms with Gasteiger partial charge >= 0.3 is 5.65 Å². The second kappa shape index (κ2) is 2.63. The van der Waals surface area contributed by atoms with Crippen LogP contribution >= 0.6 is 0 Å². The van der Waals surface area contributed by atoms with Gasteiger partial charge in [-0.2, -0.15) is 4.57 Å². The zero-order valence-corrected chi connectivity index (χ0v) is 9.11. The van der Waals surface area contributed by atoms with E-state index in [1.165, 1.54) is 10.9 Å². The fourth-order valence-electron chi connectivity index (χ4n) is 2.19. The highest BCUT2D eigenvalue weighted by atomic mass is 16.4. The highest BCUT2D eigenvalue weighted by Gasteiger charge is 2.22. The first-order valence-electron chi connectivity index (χ1n) is 5.02. The van der Waals surface area contributed by atoms with Crippen molar-refractivity contribution in [2.24, 2.45) is 14.1 Å². The van der Waals surface area contributed by atoms with E-state index in [0.29, 0.717) is 0 Å². The van der Waals surface area contributed by atoms with Crippen LogP contribution in [0.15, 0.2) is 28.7 Å². The van der Waals surface area contributed by atoms with E-state index in [-0.39, 0.29) is 0 Å². The van der Waals surface area contributed by atoms with Gasteiger partial charge in [0.1, 0.15) is 5.52 Å². The lowest BCUT2D eigenvalue weighted by molar-refractivity contribution is -0.659. The van der Waals surface area contributed by atoms with Crippen LogP contribution < -0.4 is 4.57 Å². The number of aromatic nitrogens is 2. The van der Waals surface area contributed by atoms with Gasteiger partial charge in [-0.3, -0.25) is 0 Å². The lowest BCUT2D eigenvalue weighted by Gasteiger charge is -1.91. The SMILES string of the molecule is Cc1oc2c3ccccc3n(C)c2[n+]1C. The molecule has 0 fully saturated rings. The summed E-state index contributed by atoms with van der Waals surface area (Å²) < 4.78 is 10.0. The molecule has 0 saturated carbocycles. The van der Waals surface area contributed by atoms with Gasteiger partial charge in [0.15, 0.2) is 0 Å². The number of oxazole rings is 1. The summed E-state index contributed by atoms with van der Waals surface area (Å²) >= 11 is 0. The molecular formula is C12H13N2O+. The van der Waals surface area contributed by atoms with E-state index in [9.17, 15) is 0 Å². The smallest absolute Gasteiger partial charge is 0.328 e. The van der Waals surface area contributed by atoms with Crippen LogP contribution in [0.5, 0.6) is 0 Å². The average molecular weight is 201 g/mol. The molecule has 3 aromatic rings. The van der Waals surface area contributed by atoms with Crippen LogP contribution in [-0.2, 0) is 14.1 Å². The normalized spacial score (nSPS) is 11.7. The third kappa shape index (κ3) is 0.923. The Kier molecular flexibility index (Phi) is 1.49. The summed E-state index contributed by atoms with van der Waals surface area (Å²) in [6.07, 6.45) is 0. The average Bonchev–Trinajstić information content (AvgIpc) is 2.68. The molecule has 3 rings (SSSR count). The molecule has 0 N–H and O–H groups in total. The quantitative estimate of drug-likeness (QED) is 0.510. The molecule has 1 aromatic carbocycles. The van der Waals surface area contributed by atoms with E-state index in [1.807, 2.05) is 26.1 Å². The maximum Gasteiger partial charge on any atom is 0.328 e. The molecule has 0 radical (unpaired) electrons. The van der Waals surface area contributed by atoms with E-state index in [4.69, 9.17) is 4.42 Å². The van der Waals surface area contributed by atoms with Crippen molar-refractivity contribution in [1.29, 1.82) is 0 Å². The second-order valence-electron chi connectivity index (χ2n) is 3.91. The molecule has 0 spiro atoms. The van der Waals surface area contributed by atoms with Gasteiger partial charge in [0, 0.05) is 6.92 Å². The van der Waals surface area contributed by atoms with Crippen molar-refractivity contribution in [3.63, 3.8) is 0 Å². The van der Waals surface area contributed by atoms with Gasteiger partial charge in [-0.25, -0.2) is 4.57 Å². The molecule has 3 heteroatoms. The fourth-order valence-corrected chi connectivity index (χ4v) is 2.19. The van der Waals surface area contributed by atoms with Crippen LogP contribution in [0.25, 0.3) is 22.1 Å². The zero-order chi connectivity index (χ0) is 10.6. The van der Waals surface area contributed by atoms with Crippen molar-refractivity contribution in [2.75, 3.05) is 0 Å². The molecule has 76 valence electrons.